The first-order chi connectivity index (χ1) is 16.6. The van der Waals surface area contributed by atoms with E-state index in [9.17, 15) is 23.1 Å². The van der Waals surface area contributed by atoms with Crippen molar-refractivity contribution in [3.8, 4) is 5.75 Å². The van der Waals surface area contributed by atoms with Gasteiger partial charge in [0, 0.05) is 29.6 Å². The number of aromatic nitrogens is 1. The average molecular weight is 483 g/mol. The zero-order chi connectivity index (χ0) is 25.2. The predicted octanol–water partition coefficient (Wildman–Crippen LogP) is 5.55. The van der Waals surface area contributed by atoms with E-state index in [1.165, 1.54) is 12.1 Å². The van der Waals surface area contributed by atoms with Crippen molar-refractivity contribution in [2.75, 3.05) is 0 Å². The van der Waals surface area contributed by atoms with E-state index in [2.05, 4.69) is 0 Å². The number of aliphatic carboxylic acids is 1. The minimum atomic E-state index is -4.40. The van der Waals surface area contributed by atoms with Crippen LogP contribution in [-0.4, -0.2) is 21.7 Å². The highest BCUT2D eigenvalue weighted by molar-refractivity contribution is 5.88. The van der Waals surface area contributed by atoms with E-state index in [4.69, 9.17) is 10.5 Å². The molecule has 0 aliphatic carbocycles. The van der Waals surface area contributed by atoms with Crippen molar-refractivity contribution in [2.45, 2.75) is 38.7 Å². The highest BCUT2D eigenvalue weighted by atomic mass is 19.4. The van der Waals surface area contributed by atoms with Crippen LogP contribution in [0.1, 0.15) is 27.9 Å². The Morgan fingerprint density at radius 3 is 2.34 bits per heavy atom. The van der Waals surface area contributed by atoms with E-state index in [0.717, 1.165) is 39.9 Å². The molecule has 1 aromatic heterocycles. The molecule has 3 aromatic carbocycles. The Bertz CT molecular complexity index is 1330. The van der Waals surface area contributed by atoms with Crippen LogP contribution in [0.2, 0.25) is 0 Å². The summed E-state index contributed by atoms with van der Waals surface area (Å²) in [6.45, 7) is 2.56. The van der Waals surface area contributed by atoms with Crippen molar-refractivity contribution in [2.24, 2.45) is 5.73 Å². The van der Waals surface area contributed by atoms with Gasteiger partial charge in [0.2, 0.25) is 0 Å². The smallest absolute Gasteiger partial charge is 0.416 e. The molecule has 1 heterocycles. The Morgan fingerprint density at radius 2 is 1.71 bits per heavy atom. The van der Waals surface area contributed by atoms with E-state index < -0.39 is 23.8 Å². The standard InChI is InChI=1S/C27H25F3N2O3/c1-17-22(14-24(31)26(33)34)23-13-21(35-16-19-5-3-2-4-6-19)11-12-25(23)32(17)15-18-7-9-20(10-8-18)27(28,29)30/h2-13,24H,14-16,31H2,1H3,(H,33,34). The third kappa shape index (κ3) is 5.49. The number of carboxylic acid groups (broad SMARTS) is 1. The lowest BCUT2D eigenvalue weighted by molar-refractivity contribution is -0.139. The number of hydrogen-bond donors (Lipinski definition) is 2. The second-order valence-electron chi connectivity index (χ2n) is 8.45. The van der Waals surface area contributed by atoms with Crippen molar-refractivity contribution in [3.63, 3.8) is 0 Å². The maximum absolute atomic E-state index is 12.9. The Labute approximate surface area is 200 Å². The van der Waals surface area contributed by atoms with Crippen molar-refractivity contribution < 1.29 is 27.8 Å². The molecule has 35 heavy (non-hydrogen) atoms. The monoisotopic (exact) mass is 482 g/mol. The first-order valence-electron chi connectivity index (χ1n) is 11.1. The summed E-state index contributed by atoms with van der Waals surface area (Å²) in [5.41, 5.74) is 9.25. The molecule has 1 unspecified atom stereocenters. The second-order valence-corrected chi connectivity index (χ2v) is 8.45. The second kappa shape index (κ2) is 9.84. The average Bonchev–Trinajstić information content (AvgIpc) is 3.08. The number of carboxylic acids is 1. The fourth-order valence-corrected chi connectivity index (χ4v) is 4.11. The first-order valence-corrected chi connectivity index (χ1v) is 11.1. The number of benzene rings is 3. The number of nitrogens with two attached hydrogens (primary N) is 1. The van der Waals surface area contributed by atoms with Crippen LogP contribution in [0.25, 0.3) is 10.9 Å². The number of carbonyl (C=O) groups is 1. The SMILES string of the molecule is Cc1c(CC(N)C(=O)O)c2cc(OCc3ccccc3)ccc2n1Cc1ccc(C(F)(F)F)cc1. The number of fused-ring (bicyclic) bond motifs is 1. The van der Waals surface area contributed by atoms with Gasteiger partial charge in [-0.25, -0.2) is 0 Å². The molecule has 0 aliphatic heterocycles. The molecular formula is C27H25F3N2O3. The molecule has 0 bridgehead atoms. The van der Waals surface area contributed by atoms with Crippen LogP contribution < -0.4 is 10.5 Å². The van der Waals surface area contributed by atoms with Crippen LogP contribution in [-0.2, 0) is 30.5 Å². The van der Waals surface area contributed by atoms with Gasteiger partial charge in [-0.2, -0.15) is 13.2 Å². The molecule has 3 N–H and O–H groups in total. The summed E-state index contributed by atoms with van der Waals surface area (Å²) < 4.78 is 46.7. The molecule has 0 radical (unpaired) electrons. The van der Waals surface area contributed by atoms with Gasteiger partial charge in [-0.3, -0.25) is 4.79 Å². The molecule has 182 valence electrons. The van der Waals surface area contributed by atoms with Gasteiger partial charge in [0.15, 0.2) is 0 Å². The van der Waals surface area contributed by atoms with Crippen LogP contribution >= 0.6 is 0 Å². The van der Waals surface area contributed by atoms with Gasteiger partial charge >= 0.3 is 12.1 Å². The van der Waals surface area contributed by atoms with Gasteiger partial charge < -0.3 is 20.1 Å². The molecule has 5 nitrogen and oxygen atoms in total. The summed E-state index contributed by atoms with van der Waals surface area (Å²) >= 11 is 0. The van der Waals surface area contributed by atoms with E-state index >= 15 is 0 Å². The molecule has 0 saturated carbocycles. The quantitative estimate of drug-likeness (QED) is 0.345. The summed E-state index contributed by atoms with van der Waals surface area (Å²) in [6.07, 6.45) is -4.29. The Balaban J connectivity index is 1.69. The topological polar surface area (TPSA) is 77.5 Å². The Kier molecular flexibility index (Phi) is 6.84. The number of halogens is 3. The van der Waals surface area contributed by atoms with Crippen LogP contribution in [0.5, 0.6) is 5.75 Å². The summed E-state index contributed by atoms with van der Waals surface area (Å²) in [4.78, 5) is 11.4. The number of nitrogens with zero attached hydrogens (tertiary/aromatic N) is 1. The van der Waals surface area contributed by atoms with Gasteiger partial charge in [-0.1, -0.05) is 42.5 Å². The normalized spacial score (nSPS) is 12.6. The molecule has 1 atom stereocenters. The lowest BCUT2D eigenvalue weighted by atomic mass is 10.0. The lowest BCUT2D eigenvalue weighted by Gasteiger charge is -2.12. The predicted molar refractivity (Wildman–Crippen MR) is 127 cm³/mol. The van der Waals surface area contributed by atoms with Crippen LogP contribution in [0.15, 0.2) is 72.8 Å². The Morgan fingerprint density at radius 1 is 1.03 bits per heavy atom. The molecule has 0 amide bonds. The van der Waals surface area contributed by atoms with Gasteiger partial charge in [-0.15, -0.1) is 0 Å². The highest BCUT2D eigenvalue weighted by Crippen LogP contribution is 2.32. The number of rotatable bonds is 8. The van der Waals surface area contributed by atoms with Gasteiger partial charge in [-0.05, 0) is 53.9 Å². The highest BCUT2D eigenvalue weighted by Gasteiger charge is 2.30. The first kappa shape index (κ1) is 24.3. The Hall–Kier alpha value is -3.78. The third-order valence-electron chi connectivity index (χ3n) is 6.04. The zero-order valence-electron chi connectivity index (χ0n) is 19.0. The van der Waals surface area contributed by atoms with Gasteiger partial charge in [0.05, 0.1) is 5.56 Å². The van der Waals surface area contributed by atoms with Crippen molar-refractivity contribution in [3.05, 3.63) is 101 Å². The largest absolute Gasteiger partial charge is 0.489 e. The number of ether oxygens (including phenoxy) is 1. The van der Waals surface area contributed by atoms with Gasteiger partial charge in [0.25, 0.3) is 0 Å². The fraction of sp³-hybridized carbons (Fsp3) is 0.222. The molecule has 0 saturated heterocycles. The van der Waals surface area contributed by atoms with E-state index in [1.54, 1.807) is 0 Å². The molecule has 0 fully saturated rings. The summed E-state index contributed by atoms with van der Waals surface area (Å²) in [7, 11) is 0. The number of hydrogen-bond acceptors (Lipinski definition) is 3. The molecule has 0 aliphatic rings. The van der Waals surface area contributed by atoms with Crippen molar-refractivity contribution in [1.82, 2.24) is 4.57 Å². The van der Waals surface area contributed by atoms with Crippen molar-refractivity contribution in [1.29, 1.82) is 0 Å². The summed E-state index contributed by atoms with van der Waals surface area (Å²) in [5, 5.41) is 10.2. The van der Waals surface area contributed by atoms with E-state index in [1.807, 2.05) is 60.0 Å². The maximum atomic E-state index is 12.9. The lowest BCUT2D eigenvalue weighted by Crippen LogP contribution is -2.32. The fourth-order valence-electron chi connectivity index (χ4n) is 4.11. The van der Waals surface area contributed by atoms with Crippen LogP contribution in [0.3, 0.4) is 0 Å². The number of alkyl halides is 3. The molecule has 4 rings (SSSR count). The molecule has 0 spiro atoms. The summed E-state index contributed by atoms with van der Waals surface area (Å²) in [5.74, 6) is -0.484. The zero-order valence-corrected chi connectivity index (χ0v) is 19.0. The molecule has 8 heteroatoms. The molecular weight excluding hydrogens is 457 g/mol. The minimum Gasteiger partial charge on any atom is -0.489 e. The van der Waals surface area contributed by atoms with Crippen LogP contribution in [0, 0.1) is 6.92 Å². The maximum Gasteiger partial charge on any atom is 0.416 e. The molecule has 4 aromatic rings. The minimum absolute atomic E-state index is 0.111. The van der Waals surface area contributed by atoms with Crippen molar-refractivity contribution >= 4 is 16.9 Å². The third-order valence-corrected chi connectivity index (χ3v) is 6.04. The van der Waals surface area contributed by atoms with Crippen LogP contribution in [0.4, 0.5) is 13.2 Å². The summed E-state index contributed by atoms with van der Waals surface area (Å²) in [6, 6.07) is 19.2. The van der Waals surface area contributed by atoms with Gasteiger partial charge in [0.1, 0.15) is 18.4 Å². The van der Waals surface area contributed by atoms with E-state index in [0.29, 0.717) is 24.5 Å². The van der Waals surface area contributed by atoms with E-state index in [-0.39, 0.29) is 6.42 Å².